The van der Waals surface area contributed by atoms with Gasteiger partial charge in [-0.05, 0) is 48.4 Å². The molecule has 2 aromatic rings. The van der Waals surface area contributed by atoms with Crippen LogP contribution in [-0.4, -0.2) is 23.9 Å². The van der Waals surface area contributed by atoms with E-state index in [0.29, 0.717) is 19.0 Å². The van der Waals surface area contributed by atoms with E-state index >= 15 is 0 Å². The Bertz CT molecular complexity index is 634. The minimum atomic E-state index is -0.977. The Labute approximate surface area is 126 Å². The first-order valence-electron chi connectivity index (χ1n) is 6.93. The van der Waals surface area contributed by atoms with E-state index in [1.54, 1.807) is 16.2 Å². The summed E-state index contributed by atoms with van der Waals surface area (Å²) >= 11 is 1.74. The number of hydrogen-bond donors (Lipinski definition) is 0. The number of amides is 1. The van der Waals surface area contributed by atoms with Gasteiger partial charge in [-0.15, -0.1) is 11.3 Å². The van der Waals surface area contributed by atoms with Gasteiger partial charge < -0.3 is 4.90 Å². The van der Waals surface area contributed by atoms with Gasteiger partial charge in [-0.25, -0.2) is 8.78 Å². The van der Waals surface area contributed by atoms with E-state index in [1.165, 1.54) is 10.9 Å². The van der Waals surface area contributed by atoms with Crippen LogP contribution in [-0.2, 0) is 0 Å². The van der Waals surface area contributed by atoms with Crippen molar-refractivity contribution in [3.8, 4) is 0 Å². The first kappa shape index (κ1) is 14.2. The van der Waals surface area contributed by atoms with Gasteiger partial charge >= 0.3 is 0 Å². The van der Waals surface area contributed by atoms with Gasteiger partial charge in [-0.2, -0.15) is 0 Å². The van der Waals surface area contributed by atoms with Crippen molar-refractivity contribution in [2.45, 2.75) is 18.8 Å². The predicted molar refractivity (Wildman–Crippen MR) is 78.6 cm³/mol. The molecule has 1 aliphatic heterocycles. The maximum absolute atomic E-state index is 13.2. The second kappa shape index (κ2) is 5.93. The third-order valence-corrected chi connectivity index (χ3v) is 4.93. The molecule has 0 aliphatic carbocycles. The van der Waals surface area contributed by atoms with Gasteiger partial charge in [0.15, 0.2) is 11.6 Å². The lowest BCUT2D eigenvalue weighted by Crippen LogP contribution is -2.37. The molecule has 0 unspecified atom stereocenters. The van der Waals surface area contributed by atoms with Crippen molar-refractivity contribution in [1.29, 1.82) is 0 Å². The lowest BCUT2D eigenvalue weighted by Gasteiger charge is -2.31. The van der Waals surface area contributed by atoms with Crippen LogP contribution in [0.3, 0.4) is 0 Å². The molecular weight excluding hydrogens is 292 g/mol. The van der Waals surface area contributed by atoms with Crippen LogP contribution in [0, 0.1) is 11.6 Å². The van der Waals surface area contributed by atoms with E-state index in [1.807, 2.05) is 6.07 Å². The minimum absolute atomic E-state index is 0.212. The largest absolute Gasteiger partial charge is 0.339 e. The third kappa shape index (κ3) is 2.97. The second-order valence-corrected chi connectivity index (χ2v) is 6.19. The number of hydrogen-bond acceptors (Lipinski definition) is 2. The molecular formula is C16H15F2NOS. The number of thiophene rings is 1. The van der Waals surface area contributed by atoms with Gasteiger partial charge in [-0.1, -0.05) is 6.07 Å². The van der Waals surface area contributed by atoms with Crippen molar-refractivity contribution in [3.63, 3.8) is 0 Å². The van der Waals surface area contributed by atoms with Crippen LogP contribution in [0.4, 0.5) is 8.78 Å². The number of likely N-dealkylation sites (tertiary alicyclic amines) is 1. The maximum Gasteiger partial charge on any atom is 0.253 e. The highest BCUT2D eigenvalue weighted by molar-refractivity contribution is 7.10. The number of rotatable bonds is 2. The fourth-order valence-corrected chi connectivity index (χ4v) is 3.60. The average molecular weight is 307 g/mol. The standard InChI is InChI=1S/C16H15F2NOS/c17-13-4-3-12(10-14(13)18)16(20)19-7-5-11(6-8-19)15-2-1-9-21-15/h1-4,9-11H,5-8H2. The highest BCUT2D eigenvalue weighted by Gasteiger charge is 2.25. The Morgan fingerprint density at radius 2 is 1.90 bits per heavy atom. The first-order chi connectivity index (χ1) is 10.1. The maximum atomic E-state index is 13.2. The molecule has 2 heterocycles. The summed E-state index contributed by atoms with van der Waals surface area (Å²) in [5.74, 6) is -1.63. The van der Waals surface area contributed by atoms with Crippen LogP contribution >= 0.6 is 11.3 Å². The van der Waals surface area contributed by atoms with Crippen molar-refractivity contribution in [1.82, 2.24) is 4.90 Å². The minimum Gasteiger partial charge on any atom is -0.339 e. The molecule has 0 radical (unpaired) electrons. The van der Waals surface area contributed by atoms with Crippen LogP contribution < -0.4 is 0 Å². The van der Waals surface area contributed by atoms with Crippen LogP contribution in [0.2, 0.25) is 0 Å². The van der Waals surface area contributed by atoms with E-state index in [0.717, 1.165) is 25.0 Å². The molecule has 2 nitrogen and oxygen atoms in total. The van der Waals surface area contributed by atoms with Crippen LogP contribution in [0.5, 0.6) is 0 Å². The fraction of sp³-hybridized carbons (Fsp3) is 0.312. The normalized spacial score (nSPS) is 16.2. The Hall–Kier alpha value is -1.75. The number of carbonyl (C=O) groups excluding carboxylic acids is 1. The highest BCUT2D eigenvalue weighted by Crippen LogP contribution is 2.31. The third-order valence-electron chi connectivity index (χ3n) is 3.89. The zero-order chi connectivity index (χ0) is 14.8. The molecule has 0 saturated carbocycles. The molecule has 1 aromatic heterocycles. The summed E-state index contributed by atoms with van der Waals surface area (Å²) < 4.78 is 26.1. The van der Waals surface area contributed by atoms with Gasteiger partial charge in [0, 0.05) is 23.5 Å². The predicted octanol–water partition coefficient (Wildman–Crippen LogP) is 4.05. The van der Waals surface area contributed by atoms with Gasteiger partial charge in [0.1, 0.15) is 0 Å². The molecule has 3 rings (SSSR count). The molecule has 1 aromatic carbocycles. The van der Waals surface area contributed by atoms with E-state index in [2.05, 4.69) is 11.4 Å². The van der Waals surface area contributed by atoms with E-state index in [4.69, 9.17) is 0 Å². The molecule has 0 spiro atoms. The summed E-state index contributed by atoms with van der Waals surface area (Å²) in [4.78, 5) is 15.4. The van der Waals surface area contributed by atoms with Gasteiger partial charge in [0.05, 0.1) is 0 Å². The molecule has 0 atom stereocenters. The molecule has 0 bridgehead atoms. The monoisotopic (exact) mass is 307 g/mol. The van der Waals surface area contributed by atoms with Crippen LogP contribution in [0.15, 0.2) is 35.7 Å². The molecule has 1 amide bonds. The Balaban J connectivity index is 1.66. The Kier molecular flexibility index (Phi) is 4.01. The number of piperidine rings is 1. The number of nitrogens with zero attached hydrogens (tertiary/aromatic N) is 1. The van der Waals surface area contributed by atoms with Crippen molar-refractivity contribution in [2.24, 2.45) is 0 Å². The molecule has 0 N–H and O–H groups in total. The van der Waals surface area contributed by atoms with Crippen molar-refractivity contribution < 1.29 is 13.6 Å². The van der Waals surface area contributed by atoms with Crippen LogP contribution in [0.1, 0.15) is 34.0 Å². The Morgan fingerprint density at radius 3 is 2.52 bits per heavy atom. The summed E-state index contributed by atoms with van der Waals surface area (Å²) in [7, 11) is 0. The van der Waals surface area contributed by atoms with Crippen molar-refractivity contribution in [2.75, 3.05) is 13.1 Å². The molecule has 21 heavy (non-hydrogen) atoms. The molecule has 5 heteroatoms. The van der Waals surface area contributed by atoms with Crippen molar-refractivity contribution in [3.05, 3.63) is 57.8 Å². The fourth-order valence-electron chi connectivity index (χ4n) is 2.70. The van der Waals surface area contributed by atoms with Crippen molar-refractivity contribution >= 4 is 17.2 Å². The van der Waals surface area contributed by atoms with E-state index in [9.17, 15) is 13.6 Å². The topological polar surface area (TPSA) is 20.3 Å². The quantitative estimate of drug-likeness (QED) is 0.820. The number of benzene rings is 1. The van der Waals surface area contributed by atoms with Gasteiger partial charge in [-0.3, -0.25) is 4.79 Å². The number of halogens is 2. The molecule has 1 aliphatic rings. The molecule has 110 valence electrons. The Morgan fingerprint density at radius 1 is 1.14 bits per heavy atom. The lowest BCUT2D eigenvalue weighted by molar-refractivity contribution is 0.0713. The van der Waals surface area contributed by atoms with Gasteiger partial charge in [0.2, 0.25) is 0 Å². The number of carbonyl (C=O) groups is 1. The summed E-state index contributed by atoms with van der Waals surface area (Å²) in [5.41, 5.74) is 0.212. The lowest BCUT2D eigenvalue weighted by atomic mass is 9.95. The summed E-state index contributed by atoms with van der Waals surface area (Å²) in [6, 6.07) is 7.48. The van der Waals surface area contributed by atoms with Crippen LogP contribution in [0.25, 0.3) is 0 Å². The summed E-state index contributed by atoms with van der Waals surface area (Å²) in [5, 5.41) is 2.06. The molecule has 1 fully saturated rings. The highest BCUT2D eigenvalue weighted by atomic mass is 32.1. The summed E-state index contributed by atoms with van der Waals surface area (Å²) in [6.45, 7) is 1.31. The zero-order valence-electron chi connectivity index (χ0n) is 11.4. The smallest absolute Gasteiger partial charge is 0.253 e. The molecule has 1 saturated heterocycles. The second-order valence-electron chi connectivity index (χ2n) is 5.21. The SMILES string of the molecule is O=C(c1ccc(F)c(F)c1)N1CCC(c2cccs2)CC1. The van der Waals surface area contributed by atoms with Gasteiger partial charge in [0.25, 0.3) is 5.91 Å². The summed E-state index contributed by atoms with van der Waals surface area (Å²) in [6.07, 6.45) is 1.83. The van der Waals surface area contributed by atoms with E-state index < -0.39 is 11.6 Å². The first-order valence-corrected chi connectivity index (χ1v) is 7.81. The van der Waals surface area contributed by atoms with E-state index in [-0.39, 0.29) is 11.5 Å². The zero-order valence-corrected chi connectivity index (χ0v) is 12.2. The average Bonchev–Trinajstić information content (AvgIpc) is 3.04.